The summed E-state index contributed by atoms with van der Waals surface area (Å²) in [6.45, 7) is 10.0. The van der Waals surface area contributed by atoms with Crippen LogP contribution < -0.4 is 10.6 Å². The van der Waals surface area contributed by atoms with E-state index in [9.17, 15) is 5.11 Å². The molecule has 0 bridgehead atoms. The van der Waals surface area contributed by atoms with E-state index >= 15 is 0 Å². The Balaban J connectivity index is 1.52. The summed E-state index contributed by atoms with van der Waals surface area (Å²) in [7, 11) is 0. The fourth-order valence-corrected chi connectivity index (χ4v) is 5.85. The highest BCUT2D eigenvalue weighted by molar-refractivity contribution is 7.19. The summed E-state index contributed by atoms with van der Waals surface area (Å²) in [5.74, 6) is 1.07. The lowest BCUT2D eigenvalue weighted by atomic mass is 10.1. The van der Waals surface area contributed by atoms with Crippen LogP contribution in [0.3, 0.4) is 0 Å². The molecule has 5 heterocycles. The Labute approximate surface area is 198 Å². The number of fused-ring (bicyclic) bond motifs is 1. The molecule has 0 amide bonds. The quantitative estimate of drug-likeness (QED) is 0.562. The SMILES string of the molecule is Cc1sc2c(-c3cnc(N)nc3)nc(N3CCCCC3)nc2c1CN1CCN(CCO)CC1. The van der Waals surface area contributed by atoms with Crippen LogP contribution in [0, 0.1) is 6.92 Å². The fraction of sp³-hybridized carbons (Fsp3) is 0.565. The summed E-state index contributed by atoms with van der Waals surface area (Å²) in [4.78, 5) is 27.0. The largest absolute Gasteiger partial charge is 0.395 e. The first-order valence-corrected chi connectivity index (χ1v) is 12.6. The van der Waals surface area contributed by atoms with Crippen molar-refractivity contribution in [3.05, 3.63) is 22.8 Å². The van der Waals surface area contributed by atoms with Crippen molar-refractivity contribution in [2.45, 2.75) is 32.7 Å². The Morgan fingerprint density at radius 2 is 1.67 bits per heavy atom. The Morgan fingerprint density at radius 1 is 0.970 bits per heavy atom. The normalized spacial score (nSPS) is 18.3. The standard InChI is InChI=1S/C23H32N8OS/c1-16-18(15-30-9-7-29(8-10-30)11-12-32)20-21(33-16)19(17-13-25-22(24)26-14-17)27-23(28-20)31-5-3-2-4-6-31/h13-14,32H,2-12,15H2,1H3,(H2,24,25,26). The van der Waals surface area contributed by atoms with Crippen molar-refractivity contribution >= 4 is 33.5 Å². The zero-order valence-electron chi connectivity index (χ0n) is 19.2. The van der Waals surface area contributed by atoms with Gasteiger partial charge in [0.05, 0.1) is 22.5 Å². The highest BCUT2D eigenvalue weighted by Crippen LogP contribution is 2.38. The second-order valence-electron chi connectivity index (χ2n) is 8.91. The van der Waals surface area contributed by atoms with Crippen LogP contribution in [-0.4, -0.2) is 87.3 Å². The van der Waals surface area contributed by atoms with E-state index in [2.05, 4.69) is 31.6 Å². The number of aromatic nitrogens is 4. The van der Waals surface area contributed by atoms with Gasteiger partial charge >= 0.3 is 0 Å². The van der Waals surface area contributed by atoms with Crippen LogP contribution in [0.2, 0.25) is 0 Å². The van der Waals surface area contributed by atoms with Crippen molar-refractivity contribution in [2.75, 3.05) is 63.1 Å². The first-order valence-electron chi connectivity index (χ1n) is 11.8. The summed E-state index contributed by atoms with van der Waals surface area (Å²) in [5.41, 5.74) is 9.86. The summed E-state index contributed by atoms with van der Waals surface area (Å²) in [5, 5.41) is 9.23. The van der Waals surface area contributed by atoms with Crippen LogP contribution in [0.15, 0.2) is 12.4 Å². The number of hydrogen-bond donors (Lipinski definition) is 2. The Morgan fingerprint density at radius 3 is 2.36 bits per heavy atom. The molecule has 0 unspecified atom stereocenters. The zero-order chi connectivity index (χ0) is 22.8. The predicted molar refractivity (Wildman–Crippen MR) is 132 cm³/mol. The van der Waals surface area contributed by atoms with Crippen molar-refractivity contribution < 1.29 is 5.11 Å². The third kappa shape index (κ3) is 4.79. The highest BCUT2D eigenvalue weighted by atomic mass is 32.1. The molecule has 0 spiro atoms. The zero-order valence-corrected chi connectivity index (χ0v) is 20.0. The number of nitrogens with zero attached hydrogens (tertiary/aromatic N) is 7. The van der Waals surface area contributed by atoms with Gasteiger partial charge in [0, 0.05) is 80.8 Å². The molecule has 0 aromatic carbocycles. The number of piperazine rings is 1. The van der Waals surface area contributed by atoms with E-state index in [4.69, 9.17) is 15.7 Å². The van der Waals surface area contributed by atoms with Crippen LogP contribution >= 0.6 is 11.3 Å². The molecule has 3 aromatic heterocycles. The van der Waals surface area contributed by atoms with Gasteiger partial charge in [0.15, 0.2) is 0 Å². The molecule has 2 aliphatic rings. The molecule has 0 radical (unpaired) electrons. The van der Waals surface area contributed by atoms with Crippen molar-refractivity contribution in [3.63, 3.8) is 0 Å². The van der Waals surface area contributed by atoms with Gasteiger partial charge in [0.25, 0.3) is 0 Å². The van der Waals surface area contributed by atoms with Gasteiger partial charge < -0.3 is 15.7 Å². The van der Waals surface area contributed by atoms with E-state index in [1.807, 2.05) is 0 Å². The molecule has 5 rings (SSSR count). The van der Waals surface area contributed by atoms with Gasteiger partial charge in [-0.15, -0.1) is 11.3 Å². The Kier molecular flexibility index (Phi) is 6.68. The number of aliphatic hydroxyl groups excluding tert-OH is 1. The van der Waals surface area contributed by atoms with Gasteiger partial charge in [-0.3, -0.25) is 9.80 Å². The molecular formula is C23H32N8OS. The van der Waals surface area contributed by atoms with E-state index < -0.39 is 0 Å². The topological polar surface area (TPSA) is 108 Å². The van der Waals surface area contributed by atoms with Crippen molar-refractivity contribution in [1.29, 1.82) is 0 Å². The molecule has 2 fully saturated rings. The number of β-amino-alcohol motifs (C(OH)–C–C–N with tert-alkyl or cyclic N) is 1. The summed E-state index contributed by atoms with van der Waals surface area (Å²) >= 11 is 1.76. The van der Waals surface area contributed by atoms with Crippen LogP contribution in [0.4, 0.5) is 11.9 Å². The number of nitrogen functional groups attached to an aromatic ring is 1. The lowest BCUT2D eigenvalue weighted by molar-refractivity contribution is 0.108. The maximum atomic E-state index is 9.23. The minimum atomic E-state index is 0.224. The minimum absolute atomic E-state index is 0.224. The average molecular weight is 469 g/mol. The number of rotatable bonds is 6. The highest BCUT2D eigenvalue weighted by Gasteiger charge is 2.24. The van der Waals surface area contributed by atoms with Gasteiger partial charge in [0.1, 0.15) is 0 Å². The van der Waals surface area contributed by atoms with E-state index in [-0.39, 0.29) is 12.6 Å². The molecule has 0 saturated carbocycles. The molecule has 9 nitrogen and oxygen atoms in total. The van der Waals surface area contributed by atoms with E-state index in [0.29, 0.717) is 0 Å². The van der Waals surface area contributed by atoms with E-state index in [1.165, 1.54) is 29.7 Å². The minimum Gasteiger partial charge on any atom is -0.395 e. The van der Waals surface area contributed by atoms with E-state index in [0.717, 1.165) is 79.8 Å². The monoisotopic (exact) mass is 468 g/mol. The number of piperidine rings is 1. The first-order chi connectivity index (χ1) is 16.1. The number of nitrogens with two attached hydrogens (primary N) is 1. The lowest BCUT2D eigenvalue weighted by Gasteiger charge is -2.34. The predicted octanol–water partition coefficient (Wildman–Crippen LogP) is 2.14. The van der Waals surface area contributed by atoms with Gasteiger partial charge in [-0.25, -0.2) is 19.9 Å². The second-order valence-corrected chi connectivity index (χ2v) is 10.1. The Bertz CT molecular complexity index is 1090. The number of aryl methyl sites for hydroxylation is 1. The molecule has 10 heteroatoms. The number of anilines is 2. The maximum Gasteiger partial charge on any atom is 0.226 e. The van der Waals surface area contributed by atoms with Gasteiger partial charge in [-0.1, -0.05) is 0 Å². The lowest BCUT2D eigenvalue weighted by Crippen LogP contribution is -2.46. The summed E-state index contributed by atoms with van der Waals surface area (Å²) in [6, 6.07) is 0. The van der Waals surface area contributed by atoms with Crippen molar-refractivity contribution in [2.24, 2.45) is 0 Å². The Hall–Kier alpha value is -2.40. The number of aliphatic hydroxyl groups is 1. The summed E-state index contributed by atoms with van der Waals surface area (Å²) < 4.78 is 1.09. The van der Waals surface area contributed by atoms with Crippen LogP contribution in [0.5, 0.6) is 0 Å². The van der Waals surface area contributed by atoms with E-state index in [1.54, 1.807) is 23.7 Å². The molecular weight excluding hydrogens is 436 g/mol. The molecule has 3 N–H and O–H groups in total. The van der Waals surface area contributed by atoms with Gasteiger partial charge in [-0.2, -0.15) is 0 Å². The fourth-order valence-electron chi connectivity index (χ4n) is 4.73. The second kappa shape index (κ2) is 9.84. The van der Waals surface area contributed by atoms with Gasteiger partial charge in [0.2, 0.25) is 11.9 Å². The van der Waals surface area contributed by atoms with Crippen LogP contribution in [-0.2, 0) is 6.54 Å². The first kappa shape index (κ1) is 22.4. The number of thiophene rings is 1. The molecule has 33 heavy (non-hydrogen) atoms. The van der Waals surface area contributed by atoms with Crippen LogP contribution in [0.25, 0.3) is 21.5 Å². The van der Waals surface area contributed by atoms with Crippen molar-refractivity contribution in [1.82, 2.24) is 29.7 Å². The molecule has 2 aliphatic heterocycles. The smallest absolute Gasteiger partial charge is 0.226 e. The van der Waals surface area contributed by atoms with Crippen LogP contribution in [0.1, 0.15) is 29.7 Å². The molecule has 2 saturated heterocycles. The average Bonchev–Trinajstić information content (AvgIpc) is 3.16. The van der Waals surface area contributed by atoms with Crippen molar-refractivity contribution in [3.8, 4) is 11.3 Å². The molecule has 176 valence electrons. The molecule has 0 atom stereocenters. The third-order valence-electron chi connectivity index (χ3n) is 6.67. The third-order valence-corrected chi connectivity index (χ3v) is 7.81. The number of hydrogen-bond acceptors (Lipinski definition) is 10. The van der Waals surface area contributed by atoms with Gasteiger partial charge in [-0.05, 0) is 26.2 Å². The maximum absolute atomic E-state index is 9.23. The summed E-state index contributed by atoms with van der Waals surface area (Å²) in [6.07, 6.45) is 7.14. The molecule has 0 aliphatic carbocycles. The molecule has 3 aromatic rings.